The molecule has 1 atom stereocenters. The van der Waals surface area contributed by atoms with Crippen LogP contribution in [0.2, 0.25) is 0 Å². The largest absolute Gasteiger partial charge is 0.447 e. The maximum absolute atomic E-state index is 12.0. The molecule has 0 aliphatic carbocycles. The summed E-state index contributed by atoms with van der Waals surface area (Å²) in [5.74, 6) is 0. The third-order valence-corrected chi connectivity index (χ3v) is 6.63. The molecule has 178 valence electrons. The number of carbonyl (C=O) groups excluding carboxylic acids is 1. The van der Waals surface area contributed by atoms with Gasteiger partial charge in [-0.1, -0.05) is 88.5 Å². The number of ether oxygens (including phenoxy) is 2. The molecule has 0 aromatic rings. The zero-order chi connectivity index (χ0) is 22.1. The molecule has 7 heteroatoms. The summed E-state index contributed by atoms with van der Waals surface area (Å²) in [6, 6.07) is 0. The summed E-state index contributed by atoms with van der Waals surface area (Å²) in [7, 11) is -1.25. The first-order chi connectivity index (χ1) is 14.7. The van der Waals surface area contributed by atoms with Gasteiger partial charge in [0.05, 0.1) is 26.4 Å². The van der Waals surface area contributed by atoms with Gasteiger partial charge in [-0.3, -0.25) is 0 Å². The maximum Gasteiger partial charge on any atom is 0.407 e. The fourth-order valence-corrected chi connectivity index (χ4v) is 4.45. The van der Waals surface area contributed by atoms with E-state index in [9.17, 15) is 9.36 Å². The van der Waals surface area contributed by atoms with Crippen LogP contribution in [0.4, 0.5) is 4.79 Å². The van der Waals surface area contributed by atoms with Gasteiger partial charge in [0.25, 0.3) is 0 Å². The van der Waals surface area contributed by atoms with Crippen LogP contribution in [-0.2, 0) is 14.0 Å². The van der Waals surface area contributed by atoms with Crippen LogP contribution in [-0.4, -0.2) is 56.5 Å². The molecule has 0 saturated heterocycles. The van der Waals surface area contributed by atoms with Gasteiger partial charge in [0.1, 0.15) is 12.8 Å². The Balaban J connectivity index is 3.25. The Hall–Kier alpha value is -0.710. The Kier molecular flexibility index (Phi) is 24.0. The van der Waals surface area contributed by atoms with E-state index >= 15 is 0 Å². The highest BCUT2D eigenvalue weighted by Gasteiger charge is 2.14. The van der Waals surface area contributed by atoms with E-state index in [1.165, 1.54) is 77.0 Å². The number of aliphatic hydroxyl groups is 1. The molecule has 0 bridgehead atoms. The molecule has 0 aliphatic heterocycles. The standard InChI is InChI=1S/C23H46NO5P/c1-2-3-4-5-6-7-8-9-10-11-12-13-14-15-21-30(27)22-16-24-23(26)29-20-19-28-18-17-25/h25H,2-22H2,1H3/p+1. The van der Waals surface area contributed by atoms with Crippen LogP contribution in [0, 0.1) is 0 Å². The third-order valence-electron chi connectivity index (χ3n) is 5.09. The predicted octanol–water partition coefficient (Wildman–Crippen LogP) is 6.03. The molecule has 0 aliphatic rings. The van der Waals surface area contributed by atoms with Gasteiger partial charge in [-0.05, 0) is 12.8 Å². The highest BCUT2D eigenvalue weighted by Crippen LogP contribution is 2.22. The Morgan fingerprint density at radius 1 is 0.767 bits per heavy atom. The van der Waals surface area contributed by atoms with Crippen molar-refractivity contribution in [3.05, 3.63) is 0 Å². The highest BCUT2D eigenvalue weighted by molar-refractivity contribution is 7.44. The van der Waals surface area contributed by atoms with Gasteiger partial charge in [0, 0.05) is 0 Å². The lowest BCUT2D eigenvalue weighted by Gasteiger charge is -2.05. The Morgan fingerprint density at radius 3 is 1.83 bits per heavy atom. The van der Waals surface area contributed by atoms with Gasteiger partial charge >= 0.3 is 13.9 Å². The average molecular weight is 449 g/mol. The van der Waals surface area contributed by atoms with Gasteiger partial charge < -0.3 is 19.9 Å². The van der Waals surface area contributed by atoms with E-state index in [1.54, 1.807) is 0 Å². The fourth-order valence-electron chi connectivity index (χ4n) is 3.29. The second kappa shape index (κ2) is 24.6. The van der Waals surface area contributed by atoms with E-state index in [2.05, 4.69) is 12.2 Å². The fraction of sp³-hybridized carbons (Fsp3) is 0.957. The lowest BCUT2D eigenvalue weighted by Crippen LogP contribution is -2.27. The smallest absolute Gasteiger partial charge is 0.407 e. The van der Waals surface area contributed by atoms with E-state index in [-0.39, 0.29) is 26.4 Å². The average Bonchev–Trinajstić information content (AvgIpc) is 2.74. The van der Waals surface area contributed by atoms with Gasteiger partial charge in [0.15, 0.2) is 6.16 Å². The molecule has 0 spiro atoms. The summed E-state index contributed by atoms with van der Waals surface area (Å²) >= 11 is 0. The molecule has 6 nitrogen and oxygen atoms in total. The Morgan fingerprint density at radius 2 is 1.30 bits per heavy atom. The number of unbranched alkanes of at least 4 members (excludes halogenated alkanes) is 13. The van der Waals surface area contributed by atoms with Crippen molar-refractivity contribution in [2.45, 2.75) is 96.8 Å². The number of nitrogens with one attached hydrogen (secondary N) is 1. The second-order valence-corrected chi connectivity index (χ2v) is 9.78. The summed E-state index contributed by atoms with van der Waals surface area (Å²) in [6.07, 6.45) is 19.3. The molecule has 0 aromatic carbocycles. The summed E-state index contributed by atoms with van der Waals surface area (Å²) in [5.41, 5.74) is 0. The van der Waals surface area contributed by atoms with Crippen LogP contribution in [0.15, 0.2) is 0 Å². The summed E-state index contributed by atoms with van der Waals surface area (Å²) < 4.78 is 21.9. The number of hydrogen-bond acceptors (Lipinski definition) is 5. The van der Waals surface area contributed by atoms with Gasteiger partial charge in [-0.25, -0.2) is 4.79 Å². The van der Waals surface area contributed by atoms with Crippen molar-refractivity contribution in [2.24, 2.45) is 0 Å². The van der Waals surface area contributed by atoms with Crippen LogP contribution in [0.25, 0.3) is 0 Å². The molecular formula is C23H47NO5P+. The van der Waals surface area contributed by atoms with Crippen molar-refractivity contribution < 1.29 is 23.9 Å². The van der Waals surface area contributed by atoms with Crippen molar-refractivity contribution in [1.82, 2.24) is 5.32 Å². The zero-order valence-electron chi connectivity index (χ0n) is 19.4. The van der Waals surface area contributed by atoms with Gasteiger partial charge in [0.2, 0.25) is 0 Å². The monoisotopic (exact) mass is 448 g/mol. The normalized spacial score (nSPS) is 11.5. The Labute approximate surface area is 185 Å². The minimum atomic E-state index is -1.25. The van der Waals surface area contributed by atoms with E-state index in [1.807, 2.05) is 0 Å². The number of aliphatic hydroxyl groups excluding tert-OH is 1. The summed E-state index contributed by atoms with van der Waals surface area (Å²) in [5, 5.41) is 11.2. The van der Waals surface area contributed by atoms with Crippen molar-refractivity contribution in [3.63, 3.8) is 0 Å². The predicted molar refractivity (Wildman–Crippen MR) is 125 cm³/mol. The molecule has 0 radical (unpaired) electrons. The number of amides is 1. The van der Waals surface area contributed by atoms with E-state index < -0.39 is 13.9 Å². The molecule has 0 aromatic heterocycles. The van der Waals surface area contributed by atoms with Crippen molar-refractivity contribution >= 4 is 13.9 Å². The van der Waals surface area contributed by atoms with Gasteiger partial charge in [-0.15, -0.1) is 0 Å². The number of hydrogen-bond donors (Lipinski definition) is 2. The summed E-state index contributed by atoms with van der Waals surface area (Å²) in [6.45, 7) is 3.26. The maximum atomic E-state index is 12.0. The minimum Gasteiger partial charge on any atom is -0.447 e. The third kappa shape index (κ3) is 23.6. The van der Waals surface area contributed by atoms with Crippen LogP contribution in [0.3, 0.4) is 0 Å². The number of alkyl carbamates (subject to hydrolysis) is 1. The van der Waals surface area contributed by atoms with Crippen LogP contribution >= 0.6 is 7.80 Å². The van der Waals surface area contributed by atoms with Crippen molar-refractivity contribution in [1.29, 1.82) is 0 Å². The van der Waals surface area contributed by atoms with Crippen LogP contribution in [0.5, 0.6) is 0 Å². The second-order valence-electron chi connectivity index (χ2n) is 7.92. The van der Waals surface area contributed by atoms with Crippen LogP contribution < -0.4 is 5.32 Å². The molecule has 2 N–H and O–H groups in total. The quantitative estimate of drug-likeness (QED) is 0.147. The highest BCUT2D eigenvalue weighted by atomic mass is 31.1. The number of carbonyl (C=O) groups is 1. The molecular weight excluding hydrogens is 401 g/mol. The molecule has 0 rings (SSSR count). The SMILES string of the molecule is CCCCCCCCCCCCCCCC[P+](=O)CCNC(=O)OCCOCCO. The van der Waals surface area contributed by atoms with E-state index in [0.717, 1.165) is 19.0 Å². The lowest BCUT2D eigenvalue weighted by atomic mass is 10.0. The Bertz CT molecular complexity index is 396. The van der Waals surface area contributed by atoms with Crippen LogP contribution in [0.1, 0.15) is 96.8 Å². The zero-order valence-corrected chi connectivity index (χ0v) is 20.3. The molecule has 1 amide bonds. The molecule has 0 saturated carbocycles. The topological polar surface area (TPSA) is 84.9 Å². The first-order valence-corrected chi connectivity index (χ1v) is 13.8. The first-order valence-electron chi connectivity index (χ1n) is 12.2. The first kappa shape index (κ1) is 29.3. The molecule has 0 heterocycles. The molecule has 1 unspecified atom stereocenters. The lowest BCUT2D eigenvalue weighted by molar-refractivity contribution is 0.0538. The van der Waals surface area contributed by atoms with Crippen molar-refractivity contribution in [2.75, 3.05) is 45.3 Å². The van der Waals surface area contributed by atoms with Gasteiger partial charge in [-0.2, -0.15) is 0 Å². The van der Waals surface area contributed by atoms with E-state index in [0.29, 0.717) is 12.7 Å². The minimum absolute atomic E-state index is 0.0431. The molecule has 0 fully saturated rings. The number of rotatable bonds is 23. The van der Waals surface area contributed by atoms with Crippen molar-refractivity contribution in [3.8, 4) is 0 Å². The molecule has 30 heavy (non-hydrogen) atoms. The summed E-state index contributed by atoms with van der Waals surface area (Å²) in [4.78, 5) is 11.4. The van der Waals surface area contributed by atoms with E-state index in [4.69, 9.17) is 14.6 Å².